The van der Waals surface area contributed by atoms with Gasteiger partial charge in [0.25, 0.3) is 5.91 Å². The van der Waals surface area contributed by atoms with Crippen LogP contribution in [-0.4, -0.2) is 20.7 Å². The minimum absolute atomic E-state index is 0.00495. The third-order valence-corrected chi connectivity index (χ3v) is 5.48. The zero-order valence-corrected chi connectivity index (χ0v) is 16.4. The van der Waals surface area contributed by atoms with Gasteiger partial charge in [0.2, 0.25) is 0 Å². The molecule has 1 amide bonds. The molecule has 0 fully saturated rings. The second-order valence-corrected chi connectivity index (χ2v) is 7.52. The number of benzene rings is 1. The van der Waals surface area contributed by atoms with Crippen molar-refractivity contribution in [1.29, 1.82) is 0 Å². The smallest absolute Gasteiger partial charge is 0.259 e. The summed E-state index contributed by atoms with van der Waals surface area (Å²) in [5, 5.41) is 10.5. The van der Waals surface area contributed by atoms with Gasteiger partial charge in [0.1, 0.15) is 16.5 Å². The third-order valence-electron chi connectivity index (χ3n) is 3.67. The Balaban J connectivity index is 1.73. The lowest BCUT2D eigenvalue weighted by atomic mass is 10.2. The number of carbonyl (C=O) groups excluding carboxylic acids is 1. The molecule has 0 radical (unpaired) electrons. The van der Waals surface area contributed by atoms with Crippen molar-refractivity contribution in [3.8, 4) is 10.7 Å². The Morgan fingerprint density at radius 1 is 1.41 bits per heavy atom. The number of hydrogen-bond donors (Lipinski definition) is 1. The van der Waals surface area contributed by atoms with Crippen LogP contribution < -0.4 is 5.32 Å². The number of halogens is 1. The van der Waals surface area contributed by atoms with Gasteiger partial charge in [-0.25, -0.2) is 9.37 Å². The number of thiazole rings is 1. The molecule has 1 aromatic carbocycles. The summed E-state index contributed by atoms with van der Waals surface area (Å²) in [7, 11) is 1.82. The summed E-state index contributed by atoms with van der Waals surface area (Å²) >= 11 is 2.79. The summed E-state index contributed by atoms with van der Waals surface area (Å²) in [6, 6.07) is 7.77. The van der Waals surface area contributed by atoms with E-state index in [1.54, 1.807) is 36.0 Å². The number of carbonyl (C=O) groups is 1. The first-order valence-corrected chi connectivity index (χ1v) is 9.72. The Morgan fingerprint density at radius 3 is 2.85 bits per heavy atom. The van der Waals surface area contributed by atoms with E-state index in [0.717, 1.165) is 16.4 Å². The fourth-order valence-electron chi connectivity index (χ4n) is 2.35. The van der Waals surface area contributed by atoms with Crippen molar-refractivity contribution in [3.63, 3.8) is 0 Å². The first-order valence-electron chi connectivity index (χ1n) is 8.03. The van der Waals surface area contributed by atoms with Crippen LogP contribution >= 0.6 is 23.1 Å². The minimum atomic E-state index is -0.561. The van der Waals surface area contributed by atoms with Gasteiger partial charge in [-0.15, -0.1) is 11.3 Å². The quantitative estimate of drug-likeness (QED) is 0.653. The van der Waals surface area contributed by atoms with E-state index in [2.05, 4.69) is 22.0 Å². The number of nitrogens with one attached hydrogen (secondary N) is 1. The summed E-state index contributed by atoms with van der Waals surface area (Å²) in [5.74, 6) is -1.07. The summed E-state index contributed by atoms with van der Waals surface area (Å²) in [4.78, 5) is 17.3. The van der Waals surface area contributed by atoms with Gasteiger partial charge in [-0.2, -0.15) is 5.10 Å². The molecule has 0 bridgehead atoms. The van der Waals surface area contributed by atoms with Gasteiger partial charge in [-0.05, 0) is 25.1 Å². The molecule has 0 spiro atoms. The summed E-state index contributed by atoms with van der Waals surface area (Å²) < 4.78 is 15.5. The molecule has 0 aliphatic rings. The predicted octanol–water partition coefficient (Wildman–Crippen LogP) is 4.68. The number of aromatic nitrogens is 3. The van der Waals surface area contributed by atoms with Crippen LogP contribution in [0.4, 0.5) is 4.39 Å². The number of allylic oxidation sites excluding steroid dienone is 1. The molecule has 0 atom stereocenters. The second kappa shape index (κ2) is 8.32. The molecule has 0 aliphatic heterocycles. The summed E-state index contributed by atoms with van der Waals surface area (Å²) in [5.41, 5.74) is 1.57. The lowest BCUT2D eigenvalue weighted by Crippen LogP contribution is -2.22. The van der Waals surface area contributed by atoms with Gasteiger partial charge in [-0.1, -0.05) is 36.5 Å². The normalized spacial score (nSPS) is 11.4. The summed E-state index contributed by atoms with van der Waals surface area (Å²) in [6.45, 7) is 5.88. The number of aryl methyl sites for hydroxylation is 1. The van der Waals surface area contributed by atoms with Crippen molar-refractivity contribution in [1.82, 2.24) is 20.1 Å². The third kappa shape index (κ3) is 4.35. The maximum absolute atomic E-state index is 13.8. The molecule has 0 aliphatic carbocycles. The van der Waals surface area contributed by atoms with Crippen LogP contribution in [0.2, 0.25) is 0 Å². The molecule has 2 aromatic heterocycles. The maximum Gasteiger partial charge on any atom is 0.259 e. The topological polar surface area (TPSA) is 59.8 Å². The molecule has 138 valence electrons. The Hall–Kier alpha value is -2.71. The average Bonchev–Trinajstić information content (AvgIpc) is 3.30. The first-order chi connectivity index (χ1) is 13.0. The fourth-order valence-corrected chi connectivity index (χ4v) is 3.76. The molecule has 0 saturated heterocycles. The van der Waals surface area contributed by atoms with Gasteiger partial charge < -0.3 is 5.32 Å². The standard InChI is InChI=1S/C19H17FN4OS2/c1-4-17(22-18(25)13-7-5-6-8-14(13)20)27-12(2)16-11-15(23-24(16)3)19-21-9-10-26-19/h4-11H,2H2,1,3H3,(H,22,25)/b17-4-. The van der Waals surface area contributed by atoms with E-state index in [1.165, 1.54) is 35.2 Å². The lowest BCUT2D eigenvalue weighted by Gasteiger charge is -2.11. The minimum Gasteiger partial charge on any atom is -0.316 e. The largest absolute Gasteiger partial charge is 0.316 e. The lowest BCUT2D eigenvalue weighted by molar-refractivity contribution is 0.0965. The molecular formula is C19H17FN4OS2. The SMILES string of the molecule is C=C(S/C(=C\C)NC(=O)c1ccccc1F)c1cc(-c2nccs2)nn1C. The Kier molecular flexibility index (Phi) is 5.88. The molecule has 27 heavy (non-hydrogen) atoms. The van der Waals surface area contributed by atoms with Crippen LogP contribution in [0.1, 0.15) is 23.0 Å². The molecule has 2 heterocycles. The van der Waals surface area contributed by atoms with E-state index >= 15 is 0 Å². The van der Waals surface area contributed by atoms with Crippen molar-refractivity contribution in [2.75, 3.05) is 0 Å². The highest BCUT2D eigenvalue weighted by Gasteiger charge is 2.16. The number of amides is 1. The second-order valence-electron chi connectivity index (χ2n) is 5.49. The van der Waals surface area contributed by atoms with Crippen molar-refractivity contribution in [3.05, 3.63) is 76.7 Å². The molecule has 0 saturated carbocycles. The van der Waals surface area contributed by atoms with Crippen LogP contribution in [-0.2, 0) is 7.05 Å². The van der Waals surface area contributed by atoms with Crippen molar-refractivity contribution in [2.45, 2.75) is 6.92 Å². The molecular weight excluding hydrogens is 383 g/mol. The molecule has 3 rings (SSSR count). The number of hydrogen-bond acceptors (Lipinski definition) is 5. The van der Waals surface area contributed by atoms with Crippen LogP contribution in [0.5, 0.6) is 0 Å². The van der Waals surface area contributed by atoms with E-state index < -0.39 is 11.7 Å². The molecule has 1 N–H and O–H groups in total. The van der Waals surface area contributed by atoms with E-state index in [9.17, 15) is 9.18 Å². The van der Waals surface area contributed by atoms with Gasteiger partial charge in [-0.3, -0.25) is 9.48 Å². The molecule has 3 aromatic rings. The highest BCUT2D eigenvalue weighted by Crippen LogP contribution is 2.33. The molecule has 5 nitrogen and oxygen atoms in total. The van der Waals surface area contributed by atoms with E-state index in [4.69, 9.17) is 0 Å². The zero-order chi connectivity index (χ0) is 19.4. The van der Waals surface area contributed by atoms with Gasteiger partial charge in [0.05, 0.1) is 16.3 Å². The van der Waals surface area contributed by atoms with Crippen LogP contribution in [0.15, 0.2) is 59.6 Å². The van der Waals surface area contributed by atoms with Gasteiger partial charge in [0.15, 0.2) is 0 Å². The van der Waals surface area contributed by atoms with E-state index in [0.29, 0.717) is 9.93 Å². The number of thioether (sulfide) groups is 1. The monoisotopic (exact) mass is 400 g/mol. The number of rotatable bonds is 6. The first kappa shape index (κ1) is 19.1. The highest BCUT2D eigenvalue weighted by atomic mass is 32.2. The van der Waals surface area contributed by atoms with Gasteiger partial charge >= 0.3 is 0 Å². The Labute approximate surface area is 164 Å². The van der Waals surface area contributed by atoms with Crippen LogP contribution in [0.3, 0.4) is 0 Å². The van der Waals surface area contributed by atoms with Crippen LogP contribution in [0.25, 0.3) is 15.6 Å². The molecule has 0 unspecified atom stereocenters. The van der Waals surface area contributed by atoms with E-state index in [-0.39, 0.29) is 5.56 Å². The maximum atomic E-state index is 13.8. The van der Waals surface area contributed by atoms with Crippen molar-refractivity contribution < 1.29 is 9.18 Å². The van der Waals surface area contributed by atoms with E-state index in [1.807, 2.05) is 18.5 Å². The van der Waals surface area contributed by atoms with Crippen LogP contribution in [0, 0.1) is 5.82 Å². The van der Waals surface area contributed by atoms with Crippen molar-refractivity contribution >= 4 is 33.9 Å². The zero-order valence-electron chi connectivity index (χ0n) is 14.8. The summed E-state index contributed by atoms with van der Waals surface area (Å²) in [6.07, 6.45) is 3.47. The van der Waals surface area contributed by atoms with Crippen molar-refractivity contribution in [2.24, 2.45) is 7.05 Å². The Bertz CT molecular complexity index is 1010. The number of nitrogens with zero attached hydrogens (tertiary/aromatic N) is 3. The highest BCUT2D eigenvalue weighted by molar-refractivity contribution is 8.11. The Morgan fingerprint density at radius 2 is 2.19 bits per heavy atom. The predicted molar refractivity (Wildman–Crippen MR) is 109 cm³/mol. The average molecular weight is 401 g/mol. The fraction of sp³-hybridized carbons (Fsp3) is 0.105. The molecule has 8 heteroatoms. The van der Waals surface area contributed by atoms with Gasteiger partial charge in [0, 0.05) is 23.5 Å².